The van der Waals surface area contributed by atoms with Crippen molar-refractivity contribution in [3.63, 3.8) is 0 Å². The Morgan fingerprint density at radius 2 is 0.967 bits per heavy atom. The molecule has 4 heterocycles. The van der Waals surface area contributed by atoms with Crippen molar-refractivity contribution in [1.82, 2.24) is 28.1 Å². The predicted molar refractivity (Wildman–Crippen MR) is 224 cm³/mol. The van der Waals surface area contributed by atoms with E-state index in [9.17, 15) is 19.2 Å². The number of morpholine rings is 2. The van der Waals surface area contributed by atoms with E-state index in [1.807, 2.05) is 41.5 Å². The van der Waals surface area contributed by atoms with Gasteiger partial charge in [-0.15, -0.1) is 8.75 Å². The van der Waals surface area contributed by atoms with Crippen LogP contribution in [0.25, 0.3) is 0 Å². The highest BCUT2D eigenvalue weighted by atomic mass is 32.1. The van der Waals surface area contributed by atoms with E-state index < -0.39 is 36.1 Å². The van der Waals surface area contributed by atoms with E-state index in [0.717, 1.165) is 47.8 Å². The zero-order chi connectivity index (χ0) is 44.0. The lowest BCUT2D eigenvalue weighted by Crippen LogP contribution is -2.44. The van der Waals surface area contributed by atoms with Crippen LogP contribution >= 0.6 is 23.5 Å². The molecule has 2 atom stereocenters. The van der Waals surface area contributed by atoms with Crippen LogP contribution in [0, 0.1) is 0 Å². The molecule has 0 aromatic carbocycles. The zero-order valence-corrected chi connectivity index (χ0v) is 37.4. The molecule has 0 saturated carbocycles. The summed E-state index contributed by atoms with van der Waals surface area (Å²) in [5.74, 6) is -0.368. The van der Waals surface area contributed by atoms with Crippen molar-refractivity contribution in [2.45, 2.75) is 78.7 Å². The van der Waals surface area contributed by atoms with Gasteiger partial charge in [0.05, 0.1) is 63.1 Å². The lowest BCUT2D eigenvalue weighted by atomic mass is 10.1. The van der Waals surface area contributed by atoms with Crippen LogP contribution in [0.3, 0.4) is 0 Å². The van der Waals surface area contributed by atoms with Gasteiger partial charge in [-0.3, -0.25) is 0 Å². The number of hydrogen-bond donors (Lipinski definition) is 2. The second-order valence-corrected chi connectivity index (χ2v) is 16.2. The Hall–Kier alpha value is -4.48. The highest BCUT2D eigenvalue weighted by molar-refractivity contribution is 6.99. The fourth-order valence-electron chi connectivity index (χ4n) is 4.98. The number of hydrogen-bond acceptors (Lipinski definition) is 22. The average Bonchev–Trinajstić information content (AvgIpc) is 3.89. The van der Waals surface area contributed by atoms with Crippen LogP contribution < -0.4 is 29.9 Å². The van der Waals surface area contributed by atoms with E-state index >= 15 is 0 Å². The minimum Gasteiger partial charge on any atom is -0.470 e. The van der Waals surface area contributed by atoms with Gasteiger partial charge in [-0.1, -0.05) is 0 Å². The molecule has 2 fully saturated rings. The number of aromatic nitrogens is 4. The molecule has 22 heteroatoms. The predicted octanol–water partition coefficient (Wildman–Crippen LogP) is 2.35. The lowest BCUT2D eigenvalue weighted by Gasteiger charge is -2.27. The minimum absolute atomic E-state index is 0.0881. The van der Waals surface area contributed by atoms with Gasteiger partial charge in [-0.25, -0.2) is 19.2 Å². The fourth-order valence-corrected chi connectivity index (χ4v) is 6.02. The summed E-state index contributed by atoms with van der Waals surface area (Å²) in [6.45, 7) is 22.2. The number of nitrogens with one attached hydrogen (secondary N) is 2. The van der Waals surface area contributed by atoms with Crippen molar-refractivity contribution in [2.75, 3.05) is 102 Å². The first kappa shape index (κ1) is 49.9. The van der Waals surface area contributed by atoms with Crippen molar-refractivity contribution >= 4 is 59.0 Å². The molecule has 2 aromatic rings. The van der Waals surface area contributed by atoms with Gasteiger partial charge < -0.3 is 58.3 Å². The summed E-state index contributed by atoms with van der Waals surface area (Å²) >= 11 is 2.13. The molecule has 336 valence electrons. The number of esters is 4. The summed E-state index contributed by atoms with van der Waals surface area (Å²) in [5.41, 5.74) is -0.348. The Kier molecular flexibility index (Phi) is 21.6. The third-order valence-corrected chi connectivity index (χ3v) is 8.89. The number of carbonyl (C=O) groups excluding carboxylic acids is 4. The van der Waals surface area contributed by atoms with E-state index in [1.165, 1.54) is 0 Å². The van der Waals surface area contributed by atoms with Crippen molar-refractivity contribution in [3.8, 4) is 11.8 Å². The lowest BCUT2D eigenvalue weighted by molar-refractivity contribution is -0.145. The second kappa shape index (κ2) is 26.0. The summed E-state index contributed by atoms with van der Waals surface area (Å²) in [6.07, 6.45) is 2.99. The summed E-state index contributed by atoms with van der Waals surface area (Å²) in [7, 11) is 0. The third kappa shape index (κ3) is 20.2. The van der Waals surface area contributed by atoms with E-state index in [-0.39, 0.29) is 37.5 Å². The summed E-state index contributed by atoms with van der Waals surface area (Å²) in [5, 5.41) is 6.57. The van der Waals surface area contributed by atoms with E-state index in [0.29, 0.717) is 89.1 Å². The quantitative estimate of drug-likeness (QED) is 0.111. The Balaban J connectivity index is 0.000000320. The number of rotatable bonds is 20. The van der Waals surface area contributed by atoms with Crippen LogP contribution in [0.1, 0.15) is 55.4 Å². The molecule has 20 nitrogen and oxygen atoms in total. The van der Waals surface area contributed by atoms with Crippen LogP contribution in [0.4, 0.5) is 11.6 Å². The Labute approximate surface area is 359 Å². The molecule has 2 saturated heterocycles. The smallest absolute Gasteiger partial charge is 0.331 e. The normalized spacial score (nSPS) is 15.8. The van der Waals surface area contributed by atoms with Crippen molar-refractivity contribution in [3.05, 3.63) is 24.3 Å². The fraction of sp³-hybridized carbons (Fsp3) is 0.684. The number of ether oxygens (including phenoxy) is 8. The number of nitrogens with zero attached hydrogens (tertiary/aromatic N) is 6. The van der Waals surface area contributed by atoms with Gasteiger partial charge in [-0.05, 0) is 55.4 Å². The van der Waals surface area contributed by atoms with Crippen LogP contribution in [0.15, 0.2) is 24.3 Å². The molecule has 2 aliphatic heterocycles. The molecule has 0 aliphatic carbocycles. The Morgan fingerprint density at radius 1 is 0.617 bits per heavy atom. The molecule has 60 heavy (non-hydrogen) atoms. The monoisotopic (exact) mass is 884 g/mol. The minimum atomic E-state index is -0.655. The van der Waals surface area contributed by atoms with Crippen LogP contribution in [-0.4, -0.2) is 157 Å². The first-order chi connectivity index (χ1) is 28.6. The van der Waals surface area contributed by atoms with Crippen LogP contribution in [-0.2, 0) is 47.6 Å². The molecular formula is C38H60N8O12S2. The van der Waals surface area contributed by atoms with Gasteiger partial charge >= 0.3 is 23.9 Å². The van der Waals surface area contributed by atoms with Crippen molar-refractivity contribution in [2.24, 2.45) is 0 Å². The topological polar surface area (TPSA) is 224 Å². The highest BCUT2D eigenvalue weighted by Crippen LogP contribution is 2.27. The first-order valence-electron chi connectivity index (χ1n) is 19.7. The van der Waals surface area contributed by atoms with Crippen molar-refractivity contribution < 1.29 is 57.1 Å². The highest BCUT2D eigenvalue weighted by Gasteiger charge is 2.25. The molecule has 2 aliphatic rings. The third-order valence-electron chi connectivity index (χ3n) is 7.89. The maximum Gasteiger partial charge on any atom is 0.331 e. The molecule has 2 N–H and O–H groups in total. The summed E-state index contributed by atoms with van der Waals surface area (Å²) < 4.78 is 59.9. The number of carbonyl (C=O) groups is 4. The molecule has 4 rings (SSSR count). The van der Waals surface area contributed by atoms with Gasteiger partial charge in [-0.2, -0.15) is 8.75 Å². The van der Waals surface area contributed by atoms with Crippen LogP contribution in [0.2, 0.25) is 0 Å². The molecular weight excluding hydrogens is 825 g/mol. The molecule has 0 amide bonds. The molecule has 0 spiro atoms. The SMILES string of the molecule is CCOC(=O)/C=C/C(=O)O[C@@H](CNC(C)(C)C)COc1nsnc1N1CCOCC1.CCOC(=O)/C=C\C(=O)O[C@@H](CNC(C)(C)C)COc1nsnc1N1CCOCC1. The first-order valence-corrected chi connectivity index (χ1v) is 21.2. The van der Waals surface area contributed by atoms with Crippen LogP contribution in [0.5, 0.6) is 11.8 Å². The Morgan fingerprint density at radius 3 is 1.30 bits per heavy atom. The molecule has 2 aromatic heterocycles. The van der Waals surface area contributed by atoms with Gasteiger partial charge in [0.1, 0.15) is 25.4 Å². The van der Waals surface area contributed by atoms with Gasteiger partial charge in [0.25, 0.3) is 11.8 Å². The summed E-state index contributed by atoms with van der Waals surface area (Å²) in [4.78, 5) is 51.1. The van der Waals surface area contributed by atoms with Gasteiger partial charge in [0.2, 0.25) is 11.6 Å². The summed E-state index contributed by atoms with van der Waals surface area (Å²) in [6, 6.07) is 0. The zero-order valence-electron chi connectivity index (χ0n) is 35.8. The molecule has 0 unspecified atom stereocenters. The maximum absolute atomic E-state index is 12.1. The molecule has 0 radical (unpaired) electrons. The van der Waals surface area contributed by atoms with E-state index in [1.54, 1.807) is 13.8 Å². The Bertz CT molecular complexity index is 1540. The molecule has 0 bridgehead atoms. The number of anilines is 2. The van der Waals surface area contributed by atoms with Gasteiger partial charge in [0, 0.05) is 74.7 Å². The van der Waals surface area contributed by atoms with Gasteiger partial charge in [0.15, 0.2) is 0 Å². The largest absolute Gasteiger partial charge is 0.470 e. The van der Waals surface area contributed by atoms with Crippen molar-refractivity contribution in [1.29, 1.82) is 0 Å². The van der Waals surface area contributed by atoms with E-state index in [4.69, 9.17) is 37.9 Å². The average molecular weight is 885 g/mol. The van der Waals surface area contributed by atoms with E-state index in [2.05, 4.69) is 37.9 Å². The second-order valence-electron chi connectivity index (χ2n) is 15.2. The standard InChI is InChI=1S/2C19H30N4O6S/c2*1-5-27-15(24)6-7-16(25)29-14(12-20-19(2,3)4)13-28-18-17(21-30-22-18)23-8-10-26-11-9-23/h2*6-7,14,20H,5,8-13H2,1-4H3/b7-6+;7-6-/t2*14-/m00/s1. The maximum atomic E-state index is 12.1.